The molecule has 0 spiro atoms. The predicted molar refractivity (Wildman–Crippen MR) is 11.7 cm³/mol. The molecule has 0 heterocycles. The zero-order valence-corrected chi connectivity index (χ0v) is 4.44. The van der Waals surface area contributed by atoms with Gasteiger partial charge >= 0.3 is 36.3 Å². The molecule has 1 atom stereocenters. The normalized spacial score (nSPS) is 15.5. The van der Waals surface area contributed by atoms with Crippen molar-refractivity contribution in [1.82, 2.24) is 0 Å². The van der Waals surface area contributed by atoms with E-state index in [9.17, 15) is 0 Å². The van der Waals surface area contributed by atoms with Crippen molar-refractivity contribution in [2.24, 2.45) is 0 Å². The zero-order valence-electron chi connectivity index (χ0n) is 2.43. The van der Waals surface area contributed by atoms with E-state index in [1.807, 2.05) is 0 Å². The van der Waals surface area contributed by atoms with E-state index in [4.69, 9.17) is 5.11 Å². The van der Waals surface area contributed by atoms with Crippen molar-refractivity contribution in [3.05, 3.63) is 0 Å². The maximum atomic E-state index is 8.06. The van der Waals surface area contributed by atoms with E-state index in [0.29, 0.717) is 0 Å². The molecule has 1 N–H and O–H groups in total. The van der Waals surface area contributed by atoms with Crippen LogP contribution in [0.5, 0.6) is 0 Å². The molecule has 0 rings (SSSR count). The topological polar surface area (TPSA) is 20.2 Å². The number of aliphatic hydroxyl groups is 1. The molecular formula is C2H5MoO. The Hall–Kier alpha value is 0.648. The molecule has 0 aliphatic rings. The molecule has 0 aliphatic carbocycles. The van der Waals surface area contributed by atoms with E-state index >= 15 is 0 Å². The third-order valence-corrected chi connectivity index (χ3v) is 0. The average molecular weight is 141 g/mol. The summed E-state index contributed by atoms with van der Waals surface area (Å²) in [6, 6.07) is 0. The third kappa shape index (κ3) is 17.1. The minimum atomic E-state index is -0.157. The summed E-state index contributed by atoms with van der Waals surface area (Å²) < 4.78 is -0.157. The molecule has 25 valence electrons. The van der Waals surface area contributed by atoms with Gasteiger partial charge in [-0.25, -0.2) is 0 Å². The minimum absolute atomic E-state index is 0.157. The van der Waals surface area contributed by atoms with Crippen LogP contribution in [0.4, 0.5) is 0 Å². The standard InChI is InChI=1S/C2H5O.Mo/c1-2-3;/h2-3H,1H3;. The van der Waals surface area contributed by atoms with Crippen molar-refractivity contribution in [3.8, 4) is 0 Å². The Balaban J connectivity index is 2.32. The molecular weight excluding hydrogens is 136 g/mol. The summed E-state index contributed by atoms with van der Waals surface area (Å²) in [5.74, 6) is 0. The molecule has 0 saturated heterocycles. The van der Waals surface area contributed by atoms with Gasteiger partial charge in [-0.15, -0.1) is 0 Å². The van der Waals surface area contributed by atoms with Gasteiger partial charge in [0.25, 0.3) is 0 Å². The Morgan fingerprint density at radius 3 is 2.00 bits per heavy atom. The molecule has 0 aliphatic heterocycles. The van der Waals surface area contributed by atoms with Gasteiger partial charge in [-0.2, -0.15) is 0 Å². The van der Waals surface area contributed by atoms with Crippen LogP contribution in [0.25, 0.3) is 0 Å². The van der Waals surface area contributed by atoms with Crippen molar-refractivity contribution in [1.29, 1.82) is 0 Å². The van der Waals surface area contributed by atoms with Crippen LogP contribution in [0, 0.1) is 0 Å². The van der Waals surface area contributed by atoms with E-state index in [1.165, 1.54) is 0 Å². The van der Waals surface area contributed by atoms with Crippen LogP contribution in [0.15, 0.2) is 0 Å². The SMILES string of the molecule is C[CH](O)[Mo]. The van der Waals surface area contributed by atoms with Crippen LogP contribution in [0.1, 0.15) is 6.92 Å². The van der Waals surface area contributed by atoms with Crippen LogP contribution in [0.2, 0.25) is 0 Å². The number of rotatable bonds is 0. The molecule has 2 heteroatoms. The van der Waals surface area contributed by atoms with Crippen molar-refractivity contribution in [3.63, 3.8) is 0 Å². The second-order valence-electron chi connectivity index (χ2n) is 0.599. The first kappa shape index (κ1) is 4.65. The van der Waals surface area contributed by atoms with Gasteiger partial charge < -0.3 is 0 Å². The molecule has 0 aromatic rings. The zero-order chi connectivity index (χ0) is 3.58. The van der Waals surface area contributed by atoms with Crippen molar-refractivity contribution in [2.75, 3.05) is 0 Å². The fourth-order valence-electron chi connectivity index (χ4n) is 0. The van der Waals surface area contributed by atoms with Gasteiger partial charge in [-0.05, 0) is 0 Å². The second-order valence-corrected chi connectivity index (χ2v) is 2.28. The summed E-state index contributed by atoms with van der Waals surface area (Å²) >= 11 is 1.66. The van der Waals surface area contributed by atoms with Gasteiger partial charge in [-0.1, -0.05) is 0 Å². The van der Waals surface area contributed by atoms with Crippen LogP contribution in [-0.4, -0.2) is 9.60 Å². The van der Waals surface area contributed by atoms with E-state index < -0.39 is 0 Å². The molecule has 0 saturated carbocycles. The van der Waals surface area contributed by atoms with E-state index in [0.717, 1.165) is 0 Å². The molecule has 0 fully saturated rings. The summed E-state index contributed by atoms with van der Waals surface area (Å²) in [6.07, 6.45) is 0. The predicted octanol–water partition coefficient (Wildman–Crippen LogP) is -0.129. The van der Waals surface area contributed by atoms with Crippen molar-refractivity contribution < 1.29 is 24.9 Å². The van der Waals surface area contributed by atoms with E-state index in [2.05, 4.69) is 0 Å². The molecule has 0 bridgehead atoms. The van der Waals surface area contributed by atoms with E-state index in [1.54, 1.807) is 26.7 Å². The maximum absolute atomic E-state index is 8.06. The average Bonchev–Trinajstić information content (AvgIpc) is 0.811. The number of hydrogen-bond acceptors (Lipinski definition) is 1. The monoisotopic (exact) mass is 143 g/mol. The Bertz CT molecular complexity index is 10.8. The summed E-state index contributed by atoms with van der Waals surface area (Å²) in [5, 5.41) is 8.06. The first-order valence-corrected chi connectivity index (χ1v) is 2.23. The molecule has 0 amide bonds. The fraction of sp³-hybridized carbons (Fsp3) is 1.00. The fourth-order valence-corrected chi connectivity index (χ4v) is 0. The summed E-state index contributed by atoms with van der Waals surface area (Å²) in [5.41, 5.74) is 0. The first-order chi connectivity index (χ1) is 1.73. The van der Waals surface area contributed by atoms with Crippen LogP contribution < -0.4 is 0 Å². The Morgan fingerprint density at radius 1 is 2.00 bits per heavy atom. The van der Waals surface area contributed by atoms with Gasteiger partial charge in [0.05, 0.1) is 0 Å². The molecule has 0 aromatic heterocycles. The first-order valence-electron chi connectivity index (χ1n) is 1.07. The van der Waals surface area contributed by atoms with E-state index in [-0.39, 0.29) is 4.49 Å². The van der Waals surface area contributed by atoms with Gasteiger partial charge in [0, 0.05) is 0 Å². The molecule has 1 unspecified atom stereocenters. The van der Waals surface area contributed by atoms with Crippen LogP contribution >= 0.6 is 0 Å². The second kappa shape index (κ2) is 1.92. The van der Waals surface area contributed by atoms with Crippen molar-refractivity contribution in [2.45, 2.75) is 11.4 Å². The quantitative estimate of drug-likeness (QED) is 0.466. The van der Waals surface area contributed by atoms with Crippen LogP contribution in [-0.2, 0) is 19.8 Å². The van der Waals surface area contributed by atoms with Gasteiger partial charge in [-0.3, -0.25) is 0 Å². The molecule has 4 heavy (non-hydrogen) atoms. The third-order valence-electron chi connectivity index (χ3n) is 0. The molecule has 0 aromatic carbocycles. The summed E-state index contributed by atoms with van der Waals surface area (Å²) in [4.78, 5) is 0. The molecule has 1 nitrogen and oxygen atoms in total. The Morgan fingerprint density at radius 2 is 2.00 bits per heavy atom. The van der Waals surface area contributed by atoms with Crippen molar-refractivity contribution >= 4 is 0 Å². The van der Waals surface area contributed by atoms with Gasteiger partial charge in [0.2, 0.25) is 0 Å². The number of aliphatic hydroxyl groups excluding tert-OH is 1. The van der Waals surface area contributed by atoms with Crippen LogP contribution in [0.3, 0.4) is 0 Å². The van der Waals surface area contributed by atoms with Gasteiger partial charge in [0.1, 0.15) is 0 Å². The Labute approximate surface area is 36.9 Å². The molecule has 0 radical (unpaired) electrons. The van der Waals surface area contributed by atoms with Gasteiger partial charge in [0.15, 0.2) is 0 Å². The number of hydrogen-bond donors (Lipinski definition) is 1. The summed E-state index contributed by atoms with van der Waals surface area (Å²) in [6.45, 7) is 1.73. The summed E-state index contributed by atoms with van der Waals surface area (Å²) in [7, 11) is 0. The Kier molecular flexibility index (Phi) is 2.23.